The molecule has 3 nitrogen and oxygen atoms in total. The van der Waals surface area contributed by atoms with E-state index in [2.05, 4.69) is 9.97 Å². The zero-order valence-electron chi connectivity index (χ0n) is 7.53. The maximum absolute atomic E-state index is 11.5. The Morgan fingerprint density at radius 3 is 2.42 bits per heavy atom. The standard InChI is InChI=1S/C9H12N2O/c1-6(2)9(12)8-7(3)10-4-5-11-8/h4-6H,1-3H3. The lowest BCUT2D eigenvalue weighted by Gasteiger charge is -2.04. The van der Waals surface area contributed by atoms with Crippen molar-refractivity contribution in [3.8, 4) is 0 Å². The van der Waals surface area contributed by atoms with E-state index in [9.17, 15) is 4.79 Å². The Morgan fingerprint density at radius 2 is 1.92 bits per heavy atom. The Kier molecular flexibility index (Phi) is 2.53. The summed E-state index contributed by atoms with van der Waals surface area (Å²) in [7, 11) is 0. The number of hydrogen-bond acceptors (Lipinski definition) is 3. The van der Waals surface area contributed by atoms with Crippen molar-refractivity contribution in [3.05, 3.63) is 23.8 Å². The Morgan fingerprint density at radius 1 is 1.33 bits per heavy atom. The van der Waals surface area contributed by atoms with Crippen LogP contribution < -0.4 is 0 Å². The summed E-state index contributed by atoms with van der Waals surface area (Å²) < 4.78 is 0. The Labute approximate surface area is 71.9 Å². The number of rotatable bonds is 2. The maximum Gasteiger partial charge on any atom is 0.185 e. The molecule has 64 valence electrons. The average molecular weight is 164 g/mol. The molecular weight excluding hydrogens is 152 g/mol. The monoisotopic (exact) mass is 164 g/mol. The predicted molar refractivity (Wildman–Crippen MR) is 45.9 cm³/mol. The van der Waals surface area contributed by atoms with Crippen molar-refractivity contribution in [1.82, 2.24) is 9.97 Å². The molecule has 0 aliphatic carbocycles. The highest BCUT2D eigenvalue weighted by Gasteiger charge is 2.14. The van der Waals surface area contributed by atoms with Gasteiger partial charge in [0.15, 0.2) is 5.78 Å². The van der Waals surface area contributed by atoms with Gasteiger partial charge in [0.1, 0.15) is 5.69 Å². The van der Waals surface area contributed by atoms with Gasteiger partial charge in [0.05, 0.1) is 5.69 Å². The lowest BCUT2D eigenvalue weighted by atomic mass is 10.1. The van der Waals surface area contributed by atoms with Gasteiger partial charge in [-0.1, -0.05) is 13.8 Å². The number of aryl methyl sites for hydroxylation is 1. The summed E-state index contributed by atoms with van der Waals surface area (Å²) in [5, 5.41) is 0. The van der Waals surface area contributed by atoms with Gasteiger partial charge < -0.3 is 0 Å². The minimum absolute atomic E-state index is 0.0135. The second-order valence-corrected chi connectivity index (χ2v) is 3.01. The highest BCUT2D eigenvalue weighted by Crippen LogP contribution is 2.07. The zero-order chi connectivity index (χ0) is 9.14. The molecule has 0 N–H and O–H groups in total. The number of Topliss-reactive ketones (excluding diaryl/α,β-unsaturated/α-hetero) is 1. The number of carbonyl (C=O) groups excluding carboxylic acids is 1. The van der Waals surface area contributed by atoms with Crippen LogP contribution in [-0.4, -0.2) is 15.8 Å². The van der Waals surface area contributed by atoms with Crippen LogP contribution in [0, 0.1) is 12.8 Å². The van der Waals surface area contributed by atoms with E-state index in [4.69, 9.17) is 0 Å². The van der Waals surface area contributed by atoms with Crippen molar-refractivity contribution in [3.63, 3.8) is 0 Å². The SMILES string of the molecule is Cc1nccnc1C(=O)C(C)C. The molecule has 1 aromatic rings. The summed E-state index contributed by atoms with van der Waals surface area (Å²) >= 11 is 0. The van der Waals surface area contributed by atoms with E-state index in [-0.39, 0.29) is 11.7 Å². The number of aromatic nitrogens is 2. The van der Waals surface area contributed by atoms with Gasteiger partial charge in [-0.25, -0.2) is 4.98 Å². The van der Waals surface area contributed by atoms with Crippen LogP contribution in [0.25, 0.3) is 0 Å². The summed E-state index contributed by atoms with van der Waals surface area (Å²) in [6.45, 7) is 5.51. The van der Waals surface area contributed by atoms with Gasteiger partial charge in [-0.2, -0.15) is 0 Å². The molecule has 0 aromatic carbocycles. The van der Waals surface area contributed by atoms with E-state index in [1.165, 1.54) is 0 Å². The van der Waals surface area contributed by atoms with Crippen molar-refractivity contribution >= 4 is 5.78 Å². The fraction of sp³-hybridized carbons (Fsp3) is 0.444. The lowest BCUT2D eigenvalue weighted by Crippen LogP contribution is -2.12. The second kappa shape index (κ2) is 3.43. The maximum atomic E-state index is 11.5. The van der Waals surface area contributed by atoms with Crippen LogP contribution in [0.1, 0.15) is 30.0 Å². The van der Waals surface area contributed by atoms with Gasteiger partial charge in [-0.3, -0.25) is 9.78 Å². The van der Waals surface area contributed by atoms with Gasteiger partial charge in [-0.05, 0) is 6.92 Å². The van der Waals surface area contributed by atoms with Crippen LogP contribution >= 0.6 is 0 Å². The number of hydrogen-bond donors (Lipinski definition) is 0. The summed E-state index contributed by atoms with van der Waals surface area (Å²) in [4.78, 5) is 19.4. The minimum atomic E-state index is -0.0135. The quantitative estimate of drug-likeness (QED) is 0.624. The van der Waals surface area contributed by atoms with Crippen LogP contribution in [0.2, 0.25) is 0 Å². The first-order chi connectivity index (χ1) is 5.63. The molecule has 0 fully saturated rings. The molecule has 3 heteroatoms. The van der Waals surface area contributed by atoms with Crippen LogP contribution in [0.5, 0.6) is 0 Å². The fourth-order valence-electron chi connectivity index (χ4n) is 0.923. The third kappa shape index (κ3) is 1.67. The third-order valence-electron chi connectivity index (χ3n) is 1.64. The van der Waals surface area contributed by atoms with Gasteiger partial charge in [0.25, 0.3) is 0 Å². The highest BCUT2D eigenvalue weighted by molar-refractivity contribution is 5.96. The molecule has 1 aromatic heterocycles. The molecule has 0 radical (unpaired) electrons. The van der Waals surface area contributed by atoms with Crippen molar-refractivity contribution in [2.24, 2.45) is 5.92 Å². The smallest absolute Gasteiger partial charge is 0.185 e. The molecular formula is C9H12N2O. The van der Waals surface area contributed by atoms with Crippen molar-refractivity contribution < 1.29 is 4.79 Å². The summed E-state index contributed by atoms with van der Waals surface area (Å²) in [5.74, 6) is 0.0426. The van der Waals surface area contributed by atoms with Crippen LogP contribution in [0.4, 0.5) is 0 Å². The van der Waals surface area contributed by atoms with E-state index in [0.29, 0.717) is 11.4 Å². The number of carbonyl (C=O) groups is 1. The number of nitrogens with zero attached hydrogens (tertiary/aromatic N) is 2. The molecule has 0 amide bonds. The summed E-state index contributed by atoms with van der Waals surface area (Å²) in [6.07, 6.45) is 3.13. The van der Waals surface area contributed by atoms with E-state index >= 15 is 0 Å². The van der Waals surface area contributed by atoms with E-state index < -0.39 is 0 Å². The van der Waals surface area contributed by atoms with Gasteiger partial charge in [0, 0.05) is 18.3 Å². The van der Waals surface area contributed by atoms with Crippen LogP contribution in [0.15, 0.2) is 12.4 Å². The van der Waals surface area contributed by atoms with Crippen LogP contribution in [0.3, 0.4) is 0 Å². The highest BCUT2D eigenvalue weighted by atomic mass is 16.1. The van der Waals surface area contributed by atoms with Gasteiger partial charge in [0.2, 0.25) is 0 Å². The van der Waals surface area contributed by atoms with Gasteiger partial charge in [-0.15, -0.1) is 0 Å². The second-order valence-electron chi connectivity index (χ2n) is 3.01. The number of ketones is 1. The lowest BCUT2D eigenvalue weighted by molar-refractivity contribution is 0.0933. The van der Waals surface area contributed by atoms with Crippen molar-refractivity contribution in [2.45, 2.75) is 20.8 Å². The molecule has 0 spiro atoms. The Bertz CT molecular complexity index is 294. The minimum Gasteiger partial charge on any atom is -0.292 e. The molecule has 0 aliphatic heterocycles. The predicted octanol–water partition coefficient (Wildman–Crippen LogP) is 1.62. The van der Waals surface area contributed by atoms with Crippen molar-refractivity contribution in [1.29, 1.82) is 0 Å². The van der Waals surface area contributed by atoms with Crippen molar-refractivity contribution in [2.75, 3.05) is 0 Å². The molecule has 0 atom stereocenters. The molecule has 0 saturated heterocycles. The van der Waals surface area contributed by atoms with E-state index in [1.807, 2.05) is 13.8 Å². The molecule has 1 rings (SSSR count). The fourth-order valence-corrected chi connectivity index (χ4v) is 0.923. The van der Waals surface area contributed by atoms with E-state index in [1.54, 1.807) is 19.3 Å². The topological polar surface area (TPSA) is 42.9 Å². The normalized spacial score (nSPS) is 10.3. The first-order valence-corrected chi connectivity index (χ1v) is 3.94. The first kappa shape index (κ1) is 8.84. The van der Waals surface area contributed by atoms with Crippen LogP contribution in [-0.2, 0) is 0 Å². The molecule has 12 heavy (non-hydrogen) atoms. The Balaban J connectivity index is 3.03. The molecule has 0 unspecified atom stereocenters. The van der Waals surface area contributed by atoms with Gasteiger partial charge >= 0.3 is 0 Å². The summed E-state index contributed by atoms with van der Waals surface area (Å²) in [5.41, 5.74) is 1.20. The molecule has 0 aliphatic rings. The molecule has 0 bridgehead atoms. The Hall–Kier alpha value is -1.25. The molecule has 1 heterocycles. The zero-order valence-corrected chi connectivity index (χ0v) is 7.53. The largest absolute Gasteiger partial charge is 0.292 e. The molecule has 0 saturated carbocycles. The third-order valence-corrected chi connectivity index (χ3v) is 1.64. The average Bonchev–Trinajstić information content (AvgIpc) is 2.04. The summed E-state index contributed by atoms with van der Waals surface area (Å²) in [6, 6.07) is 0. The van der Waals surface area contributed by atoms with E-state index in [0.717, 1.165) is 0 Å². The first-order valence-electron chi connectivity index (χ1n) is 3.94.